The van der Waals surface area contributed by atoms with E-state index < -0.39 is 0 Å². The Morgan fingerprint density at radius 1 is 1.05 bits per heavy atom. The van der Waals surface area contributed by atoms with Crippen LogP contribution in [-0.4, -0.2) is 14.1 Å². The number of rotatable bonds is 4. The summed E-state index contributed by atoms with van der Waals surface area (Å²) in [6, 6.07) is 13.7. The zero-order valence-electron chi connectivity index (χ0n) is 11.0. The second-order valence-electron chi connectivity index (χ2n) is 4.53. The van der Waals surface area contributed by atoms with Crippen molar-refractivity contribution in [2.45, 2.75) is 6.54 Å². The molecule has 0 amide bonds. The number of hydrogen-bond acceptors (Lipinski definition) is 2. The van der Waals surface area contributed by atoms with Crippen LogP contribution in [0.5, 0.6) is 0 Å². The average Bonchev–Trinajstić information content (AvgIpc) is 2.40. The monoisotopic (exact) mass is 294 g/mol. The lowest BCUT2D eigenvalue weighted by atomic mass is 10.2. The van der Waals surface area contributed by atoms with E-state index in [1.54, 1.807) is 6.07 Å². The van der Waals surface area contributed by atoms with Crippen molar-refractivity contribution in [3.05, 3.63) is 58.1 Å². The van der Waals surface area contributed by atoms with E-state index in [9.17, 15) is 0 Å². The van der Waals surface area contributed by atoms with E-state index in [-0.39, 0.29) is 0 Å². The summed E-state index contributed by atoms with van der Waals surface area (Å²) in [7, 11) is 4.04. The Labute approximate surface area is 123 Å². The zero-order valence-corrected chi connectivity index (χ0v) is 12.5. The van der Waals surface area contributed by atoms with Crippen molar-refractivity contribution in [1.82, 2.24) is 0 Å². The Morgan fingerprint density at radius 3 is 2.58 bits per heavy atom. The minimum Gasteiger partial charge on any atom is -0.381 e. The largest absolute Gasteiger partial charge is 0.381 e. The van der Waals surface area contributed by atoms with Gasteiger partial charge in [-0.25, -0.2) is 0 Å². The topological polar surface area (TPSA) is 15.3 Å². The van der Waals surface area contributed by atoms with Crippen LogP contribution in [0.1, 0.15) is 5.56 Å². The molecule has 0 radical (unpaired) electrons. The number of anilines is 2. The van der Waals surface area contributed by atoms with Crippen LogP contribution in [0.4, 0.5) is 11.4 Å². The summed E-state index contributed by atoms with van der Waals surface area (Å²) in [5.41, 5.74) is 3.20. The van der Waals surface area contributed by atoms with Crippen molar-refractivity contribution in [2.24, 2.45) is 0 Å². The van der Waals surface area contributed by atoms with Crippen molar-refractivity contribution < 1.29 is 0 Å². The molecule has 0 saturated carbocycles. The summed E-state index contributed by atoms with van der Waals surface area (Å²) in [5, 5.41) is 4.77. The van der Waals surface area contributed by atoms with E-state index >= 15 is 0 Å². The van der Waals surface area contributed by atoms with Crippen LogP contribution in [0.2, 0.25) is 10.0 Å². The van der Waals surface area contributed by atoms with Crippen LogP contribution in [0.15, 0.2) is 42.5 Å². The van der Waals surface area contributed by atoms with Gasteiger partial charge in [-0.3, -0.25) is 0 Å². The lowest BCUT2D eigenvalue weighted by Crippen LogP contribution is -2.09. The fourth-order valence-electron chi connectivity index (χ4n) is 1.77. The molecule has 4 heteroatoms. The fraction of sp³-hybridized carbons (Fsp3) is 0.200. The predicted octanol–water partition coefficient (Wildman–Crippen LogP) is 4.67. The quantitative estimate of drug-likeness (QED) is 0.881. The van der Waals surface area contributed by atoms with Crippen molar-refractivity contribution in [2.75, 3.05) is 24.3 Å². The number of nitrogens with zero attached hydrogens (tertiary/aromatic N) is 1. The smallest absolute Gasteiger partial charge is 0.0456 e. The van der Waals surface area contributed by atoms with Crippen molar-refractivity contribution in [1.29, 1.82) is 0 Å². The van der Waals surface area contributed by atoms with Crippen LogP contribution < -0.4 is 10.2 Å². The highest BCUT2D eigenvalue weighted by molar-refractivity contribution is 6.33. The number of benzene rings is 2. The molecule has 0 unspecified atom stereocenters. The molecule has 0 bridgehead atoms. The normalized spacial score (nSPS) is 10.3. The summed E-state index contributed by atoms with van der Waals surface area (Å²) >= 11 is 12.1. The van der Waals surface area contributed by atoms with Gasteiger partial charge in [0.05, 0.1) is 0 Å². The second kappa shape index (κ2) is 6.18. The fourth-order valence-corrected chi connectivity index (χ4v) is 2.15. The van der Waals surface area contributed by atoms with E-state index in [1.165, 1.54) is 0 Å². The third-order valence-electron chi connectivity index (χ3n) is 2.85. The van der Waals surface area contributed by atoms with Crippen LogP contribution in [0.25, 0.3) is 0 Å². The molecule has 2 aromatic carbocycles. The SMILES string of the molecule is CN(C)c1cccc(NCc2cc(Cl)ccc2Cl)c1. The van der Waals surface area contributed by atoms with E-state index in [0.29, 0.717) is 11.6 Å². The Morgan fingerprint density at radius 2 is 1.84 bits per heavy atom. The summed E-state index contributed by atoms with van der Waals surface area (Å²) in [6.07, 6.45) is 0. The highest BCUT2D eigenvalue weighted by Crippen LogP contribution is 2.23. The van der Waals surface area contributed by atoms with Gasteiger partial charge < -0.3 is 10.2 Å². The molecule has 0 aliphatic rings. The summed E-state index contributed by atoms with van der Waals surface area (Å²) in [4.78, 5) is 2.07. The van der Waals surface area contributed by atoms with Gasteiger partial charge in [0.1, 0.15) is 0 Å². The molecule has 2 nitrogen and oxygen atoms in total. The van der Waals surface area contributed by atoms with Crippen molar-refractivity contribution in [3.8, 4) is 0 Å². The first kappa shape index (κ1) is 14.0. The molecule has 0 aliphatic carbocycles. The maximum atomic E-state index is 6.14. The number of hydrogen-bond donors (Lipinski definition) is 1. The Hall–Kier alpha value is -1.38. The van der Waals surface area contributed by atoms with Gasteiger partial charge in [-0.1, -0.05) is 29.3 Å². The highest BCUT2D eigenvalue weighted by atomic mass is 35.5. The van der Waals surface area contributed by atoms with E-state index in [1.807, 2.05) is 38.4 Å². The first-order valence-corrected chi connectivity index (χ1v) is 6.77. The molecule has 1 N–H and O–H groups in total. The maximum absolute atomic E-state index is 6.14. The molecule has 0 heterocycles. The molecular weight excluding hydrogens is 279 g/mol. The van der Waals surface area contributed by atoms with Gasteiger partial charge in [0.15, 0.2) is 0 Å². The van der Waals surface area contributed by atoms with Gasteiger partial charge in [0.2, 0.25) is 0 Å². The molecule has 0 atom stereocenters. The van der Waals surface area contributed by atoms with Crippen LogP contribution in [0, 0.1) is 0 Å². The first-order chi connectivity index (χ1) is 9.06. The van der Waals surface area contributed by atoms with Gasteiger partial charge in [0, 0.05) is 42.1 Å². The van der Waals surface area contributed by atoms with Crippen LogP contribution >= 0.6 is 23.2 Å². The molecule has 0 spiro atoms. The molecule has 19 heavy (non-hydrogen) atoms. The van der Waals surface area contributed by atoms with Gasteiger partial charge in [-0.05, 0) is 42.0 Å². The molecule has 0 fully saturated rings. The lowest BCUT2D eigenvalue weighted by molar-refractivity contribution is 1.12. The Bertz CT molecular complexity index is 568. The van der Waals surface area contributed by atoms with E-state index in [4.69, 9.17) is 23.2 Å². The Balaban J connectivity index is 2.10. The van der Waals surface area contributed by atoms with Crippen LogP contribution in [-0.2, 0) is 6.54 Å². The minimum atomic E-state index is 0.649. The number of nitrogens with one attached hydrogen (secondary N) is 1. The maximum Gasteiger partial charge on any atom is 0.0456 e. The van der Waals surface area contributed by atoms with E-state index in [0.717, 1.165) is 22.0 Å². The summed E-state index contributed by atoms with van der Waals surface area (Å²) < 4.78 is 0. The van der Waals surface area contributed by atoms with Crippen molar-refractivity contribution in [3.63, 3.8) is 0 Å². The van der Waals surface area contributed by atoms with Gasteiger partial charge in [-0.2, -0.15) is 0 Å². The van der Waals surface area contributed by atoms with E-state index in [2.05, 4.69) is 22.3 Å². The van der Waals surface area contributed by atoms with Gasteiger partial charge >= 0.3 is 0 Å². The molecule has 100 valence electrons. The molecule has 0 aromatic heterocycles. The molecular formula is C15H16Cl2N2. The zero-order chi connectivity index (χ0) is 13.8. The molecule has 0 aliphatic heterocycles. The second-order valence-corrected chi connectivity index (χ2v) is 5.38. The van der Waals surface area contributed by atoms with Gasteiger partial charge in [0.25, 0.3) is 0 Å². The van der Waals surface area contributed by atoms with Crippen LogP contribution in [0.3, 0.4) is 0 Å². The van der Waals surface area contributed by atoms with Gasteiger partial charge in [-0.15, -0.1) is 0 Å². The minimum absolute atomic E-state index is 0.649. The average molecular weight is 295 g/mol. The highest BCUT2D eigenvalue weighted by Gasteiger charge is 2.02. The Kier molecular flexibility index (Phi) is 4.56. The summed E-state index contributed by atoms with van der Waals surface area (Å²) in [5.74, 6) is 0. The molecule has 2 aromatic rings. The number of halogens is 2. The molecule has 2 rings (SSSR count). The first-order valence-electron chi connectivity index (χ1n) is 6.01. The molecule has 0 saturated heterocycles. The van der Waals surface area contributed by atoms with Crippen molar-refractivity contribution >= 4 is 34.6 Å². The summed E-state index contributed by atoms with van der Waals surface area (Å²) in [6.45, 7) is 0.649. The third-order valence-corrected chi connectivity index (χ3v) is 3.46. The predicted molar refractivity (Wildman–Crippen MR) is 84.6 cm³/mol. The third kappa shape index (κ3) is 3.79. The standard InChI is InChI=1S/C15H16Cl2N2/c1-19(2)14-5-3-4-13(9-14)18-10-11-8-12(16)6-7-15(11)17/h3-9,18H,10H2,1-2H3. The lowest BCUT2D eigenvalue weighted by Gasteiger charge is -2.14.